The van der Waals surface area contributed by atoms with Crippen molar-refractivity contribution in [2.24, 2.45) is 0 Å². The van der Waals surface area contributed by atoms with Gasteiger partial charge in [-0.3, -0.25) is 4.79 Å². The Labute approximate surface area is 315 Å². The number of rotatable bonds is 14. The van der Waals surface area contributed by atoms with E-state index in [1.54, 1.807) is 24.3 Å². The van der Waals surface area contributed by atoms with E-state index in [9.17, 15) is 4.79 Å². The zero-order valence-electron chi connectivity index (χ0n) is 31.2. The maximum atomic E-state index is 15.1. The highest BCUT2D eigenvalue weighted by Crippen LogP contribution is 2.58. The van der Waals surface area contributed by atoms with E-state index in [0.29, 0.717) is 61.9 Å². The number of halogens is 2. The van der Waals surface area contributed by atoms with E-state index >= 15 is 8.63 Å². The highest BCUT2D eigenvalue weighted by molar-refractivity contribution is 6.57. The third kappa shape index (κ3) is 5.60. The van der Waals surface area contributed by atoms with Crippen LogP contribution in [0.2, 0.25) is 0 Å². The first-order valence-corrected chi connectivity index (χ1v) is 19.0. The lowest BCUT2D eigenvalue weighted by Crippen LogP contribution is -2.50. The van der Waals surface area contributed by atoms with Gasteiger partial charge in [-0.2, -0.15) is 0 Å². The number of carbonyl (C=O) groups excluding carboxylic acids is 1. The molecule has 0 atom stereocenters. The fraction of sp³-hybridized carbons (Fsp3) is 0.317. The molecule has 5 N–H and O–H groups in total. The number of carbonyl (C=O) groups is 1. The van der Waals surface area contributed by atoms with Crippen LogP contribution >= 0.6 is 0 Å². The number of anilines is 2. The molecule has 4 aliphatic rings. The van der Waals surface area contributed by atoms with E-state index in [2.05, 4.69) is 84.6 Å². The third-order valence-electron chi connectivity index (χ3n) is 10.9. The number of nitrogens with one attached hydrogen (secondary N) is 5. The van der Waals surface area contributed by atoms with Crippen molar-refractivity contribution in [3.05, 3.63) is 124 Å². The lowest BCUT2D eigenvalue weighted by Gasteiger charge is -2.45. The van der Waals surface area contributed by atoms with Crippen LogP contribution in [0.4, 0.5) is 20.0 Å². The summed E-state index contributed by atoms with van der Waals surface area (Å²) in [6.45, 7) is 9.65. The van der Waals surface area contributed by atoms with Gasteiger partial charge in [-0.25, -0.2) is 0 Å². The molecule has 4 aliphatic heterocycles. The topological polar surface area (TPSA) is 97.6 Å². The number of amides is 1. The van der Waals surface area contributed by atoms with Gasteiger partial charge >= 0.3 is 6.97 Å². The Bertz CT molecular complexity index is 2170. The van der Waals surface area contributed by atoms with Crippen LogP contribution in [0.5, 0.6) is 11.5 Å². The Kier molecular flexibility index (Phi) is 9.31. The van der Waals surface area contributed by atoms with Crippen molar-refractivity contribution in [3.63, 3.8) is 0 Å². The Hall–Kier alpha value is -5.40. The number of nitrogens with zero attached hydrogens (tertiary/aromatic N) is 3. The molecular formula is C41H47BF2N8O2. The van der Waals surface area contributed by atoms with Gasteiger partial charge < -0.3 is 53.8 Å². The summed E-state index contributed by atoms with van der Waals surface area (Å²) in [7, 11) is 0. The minimum Gasteiger partial charge on any atom is -0.456 e. The summed E-state index contributed by atoms with van der Waals surface area (Å²) < 4.78 is 39.0. The zero-order valence-corrected chi connectivity index (χ0v) is 31.2. The second kappa shape index (κ2) is 14.1. The van der Waals surface area contributed by atoms with Crippen molar-refractivity contribution in [2.75, 3.05) is 63.0 Å². The summed E-state index contributed by atoms with van der Waals surface area (Å²) in [5, 5.41) is 17.3. The summed E-state index contributed by atoms with van der Waals surface area (Å²) in [6.07, 6.45) is 6.25. The van der Waals surface area contributed by atoms with E-state index in [4.69, 9.17) is 4.74 Å². The van der Waals surface area contributed by atoms with Crippen molar-refractivity contribution in [1.29, 1.82) is 0 Å². The molecular weight excluding hydrogens is 685 g/mol. The molecule has 0 fully saturated rings. The standard InChI is InChI=1S/C41H47BF2N8O2/c1-5-47-33-25-37-31(23-27(33)3)41(32-24-28(4)34(48-6-2)26-38(32)54-37)30-12-8-7-11-29(30)40(53)50(41)22-19-46-16-15-45-17-18-49-39-35-13-9-20-51(35)42(43,44)52-21-10-14-36(39)52/h7-14,20-21,23-26,45-49H,5-6,15-19,22H2,1-4H3. The first-order valence-electron chi connectivity index (χ1n) is 19.0. The molecule has 1 aromatic heterocycles. The molecule has 5 heterocycles. The van der Waals surface area contributed by atoms with E-state index in [1.165, 1.54) is 12.4 Å². The van der Waals surface area contributed by atoms with Crippen molar-refractivity contribution in [2.45, 2.75) is 33.2 Å². The predicted molar refractivity (Wildman–Crippen MR) is 212 cm³/mol. The first-order chi connectivity index (χ1) is 26.2. The predicted octanol–water partition coefficient (Wildman–Crippen LogP) is 5.85. The highest BCUT2D eigenvalue weighted by atomic mass is 19.2. The van der Waals surface area contributed by atoms with E-state index in [1.807, 2.05) is 23.1 Å². The number of ether oxygens (including phenoxy) is 1. The summed E-state index contributed by atoms with van der Waals surface area (Å²) in [5.74, 6) is 1.46. The molecule has 280 valence electrons. The van der Waals surface area contributed by atoms with Crippen LogP contribution in [0.3, 0.4) is 0 Å². The van der Waals surface area contributed by atoms with Gasteiger partial charge in [0, 0.05) is 110 Å². The molecule has 8 rings (SSSR count). The molecule has 0 saturated carbocycles. The normalized spacial score (nSPS) is 16.7. The summed E-state index contributed by atoms with van der Waals surface area (Å²) in [4.78, 5) is 16.5. The minimum absolute atomic E-state index is 0.00585. The molecule has 1 spiro atoms. The lowest BCUT2D eigenvalue weighted by molar-refractivity contribution is -0.356. The van der Waals surface area contributed by atoms with Crippen molar-refractivity contribution in [1.82, 2.24) is 25.3 Å². The van der Waals surface area contributed by atoms with Gasteiger partial charge in [-0.05, 0) is 80.9 Å². The molecule has 0 unspecified atom stereocenters. The fourth-order valence-electron chi connectivity index (χ4n) is 8.51. The number of hydrogen-bond acceptors (Lipinski definition) is 7. The van der Waals surface area contributed by atoms with Crippen LogP contribution in [-0.2, 0) is 5.54 Å². The highest BCUT2D eigenvalue weighted by Gasteiger charge is 2.56. The van der Waals surface area contributed by atoms with Crippen LogP contribution in [0.1, 0.15) is 57.7 Å². The molecule has 0 saturated heterocycles. The van der Waals surface area contributed by atoms with E-state index in [-0.39, 0.29) is 5.91 Å². The van der Waals surface area contributed by atoms with Gasteiger partial charge in [0.1, 0.15) is 28.9 Å². The average Bonchev–Trinajstić information content (AvgIpc) is 3.91. The van der Waals surface area contributed by atoms with Gasteiger partial charge in [0.15, 0.2) is 5.70 Å². The largest absolute Gasteiger partial charge is 0.737 e. The van der Waals surface area contributed by atoms with Gasteiger partial charge in [-0.1, -0.05) is 18.2 Å². The second-order valence-corrected chi connectivity index (χ2v) is 14.2. The third-order valence-corrected chi connectivity index (χ3v) is 10.9. The van der Waals surface area contributed by atoms with Crippen molar-refractivity contribution >= 4 is 36.2 Å². The maximum Gasteiger partial charge on any atom is 0.737 e. The van der Waals surface area contributed by atoms with Gasteiger partial charge in [0.25, 0.3) is 5.91 Å². The van der Waals surface area contributed by atoms with Crippen LogP contribution in [0, 0.1) is 13.8 Å². The fourth-order valence-corrected chi connectivity index (χ4v) is 8.51. The molecule has 4 aromatic rings. The minimum atomic E-state index is -3.91. The molecule has 0 aliphatic carbocycles. The van der Waals surface area contributed by atoms with Gasteiger partial charge in [0.05, 0.1) is 0 Å². The summed E-state index contributed by atoms with van der Waals surface area (Å²) in [5.41, 5.74) is 8.54. The molecule has 1 amide bonds. The number of aromatic nitrogens is 1. The van der Waals surface area contributed by atoms with Gasteiger partial charge in [0.2, 0.25) is 0 Å². The molecule has 10 nitrogen and oxygen atoms in total. The van der Waals surface area contributed by atoms with E-state index in [0.717, 1.165) is 72.7 Å². The molecule has 0 radical (unpaired) electrons. The van der Waals surface area contributed by atoms with Crippen LogP contribution < -0.4 is 31.3 Å². The maximum absolute atomic E-state index is 15.1. The zero-order chi connectivity index (χ0) is 37.6. The molecule has 0 bridgehead atoms. The number of hydrogen-bond donors (Lipinski definition) is 5. The monoisotopic (exact) mass is 732 g/mol. The number of fused-ring (bicyclic) bond motifs is 8. The quantitative estimate of drug-likeness (QED) is 0.0821. The Morgan fingerprint density at radius 1 is 0.796 bits per heavy atom. The van der Waals surface area contributed by atoms with Crippen LogP contribution in [-0.4, -0.2) is 85.3 Å². The number of aryl methyl sites for hydroxylation is 2. The molecule has 3 aromatic carbocycles. The van der Waals surface area contributed by atoms with Crippen molar-refractivity contribution < 1.29 is 22.6 Å². The first kappa shape index (κ1) is 35.6. The number of benzene rings is 3. The van der Waals surface area contributed by atoms with E-state index < -0.39 is 12.5 Å². The van der Waals surface area contributed by atoms with Crippen molar-refractivity contribution in [3.8, 4) is 11.5 Å². The molecule has 13 heteroatoms. The summed E-state index contributed by atoms with van der Waals surface area (Å²) in [6, 6.07) is 19.9. The van der Waals surface area contributed by atoms with Crippen LogP contribution in [0.15, 0.2) is 84.7 Å². The smallest absolute Gasteiger partial charge is 0.456 e. The Morgan fingerprint density at radius 3 is 2.13 bits per heavy atom. The Balaban J connectivity index is 0.984. The SMILES string of the molecule is CCNc1cc2c(cc1C)C1(c3cc(C)c(NCC)cc3O2)c2ccccc2C(=O)N1CCNCCNCCNC1=C2C=CC=[N+]2[B-](F)(F)n2cccc21. The summed E-state index contributed by atoms with van der Waals surface area (Å²) >= 11 is 0. The average molecular weight is 733 g/mol. The second-order valence-electron chi connectivity index (χ2n) is 14.2. The molecule has 54 heavy (non-hydrogen) atoms. The van der Waals surface area contributed by atoms with Gasteiger partial charge in [-0.15, -0.1) is 0 Å². The van der Waals surface area contributed by atoms with Crippen LogP contribution in [0.25, 0.3) is 5.70 Å². The Morgan fingerprint density at radius 2 is 1.44 bits per heavy atom. The lowest BCUT2D eigenvalue weighted by atomic mass is 9.73. The number of allylic oxidation sites excluding steroid dienone is 2.